The molecule has 5 nitrogen and oxygen atoms in total. The van der Waals surface area contributed by atoms with Crippen LogP contribution in [0, 0.1) is 0 Å². The van der Waals surface area contributed by atoms with Crippen LogP contribution in [0.5, 0.6) is 0 Å². The first-order chi connectivity index (χ1) is 8.97. The molecule has 0 fully saturated rings. The fraction of sp³-hybridized carbons (Fsp3) is 0.786. The Kier molecular flexibility index (Phi) is 5.97. The molecule has 0 bridgehead atoms. The van der Waals surface area contributed by atoms with Crippen molar-refractivity contribution in [2.24, 2.45) is 12.9 Å². The van der Waals surface area contributed by atoms with Crippen LogP contribution >= 0.6 is 0 Å². The first kappa shape index (κ1) is 16.1. The molecule has 5 heteroatoms. The van der Waals surface area contributed by atoms with Crippen LogP contribution in [0.25, 0.3) is 0 Å². The van der Waals surface area contributed by atoms with Crippen molar-refractivity contribution in [2.45, 2.75) is 52.1 Å². The number of nitrogens with two attached hydrogens (primary N) is 1. The van der Waals surface area contributed by atoms with Crippen LogP contribution in [0.15, 0.2) is 12.4 Å². The second-order valence-electron chi connectivity index (χ2n) is 5.54. The number of nitrogens with zero attached hydrogens (tertiary/aromatic N) is 3. The van der Waals surface area contributed by atoms with Crippen LogP contribution in [0.4, 0.5) is 0 Å². The smallest absolute Gasteiger partial charge is 0.108 e. The van der Waals surface area contributed by atoms with E-state index in [1.54, 1.807) is 0 Å². The topological polar surface area (TPSA) is 59.1 Å². The zero-order chi connectivity index (χ0) is 14.5. The molecule has 3 N–H and O–H groups in total. The molecular weight excluding hydrogens is 238 g/mol. The van der Waals surface area contributed by atoms with Gasteiger partial charge in [0.1, 0.15) is 5.82 Å². The molecule has 1 atom stereocenters. The number of aromatic nitrogens is 2. The van der Waals surface area contributed by atoms with Gasteiger partial charge in [-0.15, -0.1) is 0 Å². The third-order valence-electron chi connectivity index (χ3n) is 4.21. The Morgan fingerprint density at radius 1 is 1.42 bits per heavy atom. The molecule has 0 aliphatic heterocycles. The highest BCUT2D eigenvalue weighted by molar-refractivity contribution is 4.97. The highest BCUT2D eigenvalue weighted by atomic mass is 15.3. The molecule has 0 spiro atoms. The minimum Gasteiger partial charge on any atom is -0.338 e. The van der Waals surface area contributed by atoms with Crippen molar-refractivity contribution in [1.82, 2.24) is 19.9 Å². The normalized spacial score (nSPS) is 14.1. The SMILES string of the molecule is CCN(CC)C(C)(C)C(CCc1nccn1C)NN. The van der Waals surface area contributed by atoms with E-state index in [1.165, 1.54) is 0 Å². The summed E-state index contributed by atoms with van der Waals surface area (Å²) in [5.74, 6) is 6.89. The van der Waals surface area contributed by atoms with Gasteiger partial charge >= 0.3 is 0 Å². The number of nitrogens with one attached hydrogen (secondary N) is 1. The quantitative estimate of drug-likeness (QED) is 0.551. The van der Waals surface area contributed by atoms with E-state index in [0.29, 0.717) is 0 Å². The predicted molar refractivity (Wildman–Crippen MR) is 79.6 cm³/mol. The van der Waals surface area contributed by atoms with Gasteiger partial charge in [0, 0.05) is 37.4 Å². The van der Waals surface area contributed by atoms with Crippen LogP contribution in [0.3, 0.4) is 0 Å². The Bertz CT molecular complexity index is 368. The molecule has 1 aromatic rings. The lowest BCUT2D eigenvalue weighted by Crippen LogP contribution is -2.59. The minimum absolute atomic E-state index is 0.0312. The van der Waals surface area contributed by atoms with Crippen LogP contribution in [-0.2, 0) is 13.5 Å². The highest BCUT2D eigenvalue weighted by Crippen LogP contribution is 2.21. The van der Waals surface area contributed by atoms with Crippen LogP contribution in [0.1, 0.15) is 39.9 Å². The average molecular weight is 267 g/mol. The molecule has 1 unspecified atom stereocenters. The summed E-state index contributed by atoms with van der Waals surface area (Å²) < 4.78 is 2.07. The van der Waals surface area contributed by atoms with Gasteiger partial charge in [-0.25, -0.2) is 4.98 Å². The lowest BCUT2D eigenvalue weighted by Gasteiger charge is -2.43. The van der Waals surface area contributed by atoms with Gasteiger partial charge in [0.05, 0.1) is 0 Å². The molecule has 0 saturated heterocycles. The van der Waals surface area contributed by atoms with Gasteiger partial charge in [0.15, 0.2) is 0 Å². The summed E-state index contributed by atoms with van der Waals surface area (Å²) in [5, 5.41) is 0. The van der Waals surface area contributed by atoms with Crippen molar-refractivity contribution in [1.29, 1.82) is 0 Å². The van der Waals surface area contributed by atoms with Gasteiger partial charge in [-0.2, -0.15) is 0 Å². The molecule has 19 heavy (non-hydrogen) atoms. The highest BCUT2D eigenvalue weighted by Gasteiger charge is 2.33. The molecule has 1 rings (SSSR count). The number of rotatable bonds is 8. The van der Waals surface area contributed by atoms with Crippen molar-refractivity contribution in [3.05, 3.63) is 18.2 Å². The van der Waals surface area contributed by atoms with Crippen LogP contribution < -0.4 is 11.3 Å². The molecule has 1 heterocycles. The molecule has 0 amide bonds. The zero-order valence-electron chi connectivity index (χ0n) is 13.0. The van der Waals surface area contributed by atoms with E-state index in [4.69, 9.17) is 5.84 Å². The van der Waals surface area contributed by atoms with E-state index in [-0.39, 0.29) is 11.6 Å². The molecule has 0 radical (unpaired) electrons. The zero-order valence-corrected chi connectivity index (χ0v) is 13.0. The summed E-state index contributed by atoms with van der Waals surface area (Å²) in [6.07, 6.45) is 5.74. The standard InChI is InChI=1S/C14H29N5/c1-6-19(7-2)14(3,4)12(17-15)8-9-13-16-10-11-18(13)5/h10-12,17H,6-9,15H2,1-5H3. The Morgan fingerprint density at radius 3 is 2.47 bits per heavy atom. The van der Waals surface area contributed by atoms with E-state index in [1.807, 2.05) is 19.4 Å². The third-order valence-corrected chi connectivity index (χ3v) is 4.21. The summed E-state index contributed by atoms with van der Waals surface area (Å²) in [6.45, 7) is 11.0. The molecule has 0 aromatic carbocycles. The van der Waals surface area contributed by atoms with Crippen molar-refractivity contribution in [2.75, 3.05) is 13.1 Å². The number of hydrazine groups is 1. The summed E-state index contributed by atoms with van der Waals surface area (Å²) in [5.41, 5.74) is 3.03. The predicted octanol–water partition coefficient (Wildman–Crippen LogP) is 1.31. The summed E-state index contributed by atoms with van der Waals surface area (Å²) in [6, 6.07) is 0.240. The van der Waals surface area contributed by atoms with Crippen molar-refractivity contribution in [3.63, 3.8) is 0 Å². The number of imidazole rings is 1. The largest absolute Gasteiger partial charge is 0.338 e. The fourth-order valence-electron chi connectivity index (χ4n) is 2.81. The Balaban J connectivity index is 2.69. The second-order valence-corrected chi connectivity index (χ2v) is 5.54. The Morgan fingerprint density at radius 2 is 2.05 bits per heavy atom. The van der Waals surface area contributed by atoms with Gasteiger partial charge < -0.3 is 4.57 Å². The number of hydrogen-bond donors (Lipinski definition) is 2. The van der Waals surface area contributed by atoms with E-state index < -0.39 is 0 Å². The first-order valence-corrected chi connectivity index (χ1v) is 7.14. The monoisotopic (exact) mass is 267 g/mol. The number of hydrogen-bond acceptors (Lipinski definition) is 4. The average Bonchev–Trinajstić information content (AvgIpc) is 2.76. The van der Waals surface area contributed by atoms with Gasteiger partial charge in [0.2, 0.25) is 0 Å². The van der Waals surface area contributed by atoms with E-state index >= 15 is 0 Å². The van der Waals surface area contributed by atoms with Gasteiger partial charge in [-0.3, -0.25) is 16.2 Å². The molecule has 0 aliphatic rings. The van der Waals surface area contributed by atoms with Gasteiger partial charge in [-0.1, -0.05) is 13.8 Å². The third kappa shape index (κ3) is 3.78. The van der Waals surface area contributed by atoms with Crippen LogP contribution in [-0.4, -0.2) is 39.1 Å². The minimum atomic E-state index is 0.0312. The number of likely N-dealkylation sites (N-methyl/N-ethyl adjacent to an activating group) is 1. The lowest BCUT2D eigenvalue weighted by molar-refractivity contribution is 0.0874. The maximum absolute atomic E-state index is 5.78. The first-order valence-electron chi connectivity index (χ1n) is 7.14. The van der Waals surface area contributed by atoms with Crippen LogP contribution in [0.2, 0.25) is 0 Å². The maximum atomic E-state index is 5.78. The molecule has 1 aromatic heterocycles. The van der Waals surface area contributed by atoms with E-state index in [9.17, 15) is 0 Å². The van der Waals surface area contributed by atoms with E-state index in [2.05, 4.69) is 47.6 Å². The molecule has 110 valence electrons. The maximum Gasteiger partial charge on any atom is 0.108 e. The molecule has 0 saturated carbocycles. The van der Waals surface area contributed by atoms with Crippen molar-refractivity contribution >= 4 is 0 Å². The summed E-state index contributed by atoms with van der Waals surface area (Å²) in [7, 11) is 2.03. The molecule has 0 aliphatic carbocycles. The summed E-state index contributed by atoms with van der Waals surface area (Å²) in [4.78, 5) is 6.81. The number of aryl methyl sites for hydroxylation is 2. The molecular formula is C14H29N5. The summed E-state index contributed by atoms with van der Waals surface area (Å²) >= 11 is 0. The Hall–Kier alpha value is -0.910. The van der Waals surface area contributed by atoms with Gasteiger partial charge in [-0.05, 0) is 33.4 Å². The fourth-order valence-corrected chi connectivity index (χ4v) is 2.81. The van der Waals surface area contributed by atoms with E-state index in [0.717, 1.165) is 31.8 Å². The lowest BCUT2D eigenvalue weighted by atomic mass is 9.89. The van der Waals surface area contributed by atoms with Crippen molar-refractivity contribution in [3.8, 4) is 0 Å². The van der Waals surface area contributed by atoms with Gasteiger partial charge in [0.25, 0.3) is 0 Å². The Labute approximate surface area is 117 Å². The second kappa shape index (κ2) is 7.03. The van der Waals surface area contributed by atoms with Crippen molar-refractivity contribution < 1.29 is 0 Å².